The molecule has 1 amide bonds. The van der Waals surface area contributed by atoms with Gasteiger partial charge in [0.1, 0.15) is 0 Å². The molecular weight excluding hydrogens is 226 g/mol. The maximum absolute atomic E-state index is 12.0. The fraction of sp³-hybridized carbons (Fsp3) is 0.909. The Kier molecular flexibility index (Phi) is 6.95. The van der Waals surface area contributed by atoms with Crippen LogP contribution in [0.15, 0.2) is 0 Å². The van der Waals surface area contributed by atoms with E-state index in [2.05, 4.69) is 22.5 Å². The third kappa shape index (κ3) is 3.92. The van der Waals surface area contributed by atoms with Crippen LogP contribution >= 0.6 is 12.4 Å². The van der Waals surface area contributed by atoms with Crippen LogP contribution in [-0.4, -0.2) is 50.1 Å². The molecule has 1 heterocycles. The van der Waals surface area contributed by atoms with Crippen molar-refractivity contribution >= 4 is 18.3 Å². The van der Waals surface area contributed by atoms with Crippen LogP contribution < -0.4 is 10.6 Å². The molecule has 16 heavy (non-hydrogen) atoms. The Balaban J connectivity index is 0.00000225. The summed E-state index contributed by atoms with van der Waals surface area (Å²) in [4.78, 5) is 14.1. The van der Waals surface area contributed by atoms with Crippen LogP contribution in [0.2, 0.25) is 0 Å². The highest BCUT2D eigenvalue weighted by molar-refractivity contribution is 5.86. The number of likely N-dealkylation sites (N-methyl/N-ethyl adjacent to an activating group) is 1. The quantitative estimate of drug-likeness (QED) is 0.751. The highest BCUT2D eigenvalue weighted by Gasteiger charge is 2.38. The Morgan fingerprint density at radius 3 is 2.62 bits per heavy atom. The lowest BCUT2D eigenvalue weighted by atomic mass is 9.93. The summed E-state index contributed by atoms with van der Waals surface area (Å²) >= 11 is 0. The van der Waals surface area contributed by atoms with Crippen LogP contribution in [0.1, 0.15) is 26.2 Å². The third-order valence-corrected chi connectivity index (χ3v) is 3.13. The molecule has 0 aromatic rings. The predicted molar refractivity (Wildman–Crippen MR) is 69.1 cm³/mol. The van der Waals surface area contributed by atoms with Gasteiger partial charge in [-0.2, -0.15) is 0 Å². The van der Waals surface area contributed by atoms with E-state index in [0.717, 1.165) is 38.9 Å². The first-order chi connectivity index (χ1) is 7.10. The van der Waals surface area contributed by atoms with Gasteiger partial charge >= 0.3 is 0 Å². The van der Waals surface area contributed by atoms with E-state index in [1.807, 2.05) is 14.1 Å². The SMILES string of the molecule is CCC1(C(=O)NCCN(C)C)CCCN1.Cl. The summed E-state index contributed by atoms with van der Waals surface area (Å²) in [5.74, 6) is 0.171. The van der Waals surface area contributed by atoms with E-state index in [9.17, 15) is 4.79 Å². The van der Waals surface area contributed by atoms with Crippen molar-refractivity contribution < 1.29 is 4.79 Å². The van der Waals surface area contributed by atoms with E-state index in [0.29, 0.717) is 0 Å². The summed E-state index contributed by atoms with van der Waals surface area (Å²) in [6.45, 7) is 4.67. The number of hydrogen-bond donors (Lipinski definition) is 2. The largest absolute Gasteiger partial charge is 0.353 e. The zero-order valence-electron chi connectivity index (χ0n) is 10.5. The highest BCUT2D eigenvalue weighted by Crippen LogP contribution is 2.22. The number of rotatable bonds is 5. The molecule has 0 saturated carbocycles. The number of carbonyl (C=O) groups excluding carboxylic acids is 1. The lowest BCUT2D eigenvalue weighted by Gasteiger charge is -2.27. The fourth-order valence-corrected chi connectivity index (χ4v) is 2.02. The highest BCUT2D eigenvalue weighted by atomic mass is 35.5. The number of amides is 1. The van der Waals surface area contributed by atoms with Crippen molar-refractivity contribution in [2.24, 2.45) is 0 Å². The molecule has 1 unspecified atom stereocenters. The average Bonchev–Trinajstić information content (AvgIpc) is 2.66. The van der Waals surface area contributed by atoms with Crippen LogP contribution in [0.5, 0.6) is 0 Å². The monoisotopic (exact) mass is 249 g/mol. The molecule has 1 saturated heterocycles. The Morgan fingerprint density at radius 2 is 2.19 bits per heavy atom. The average molecular weight is 250 g/mol. The topological polar surface area (TPSA) is 44.4 Å². The van der Waals surface area contributed by atoms with Crippen molar-refractivity contribution in [3.63, 3.8) is 0 Å². The molecule has 0 radical (unpaired) electrons. The first-order valence-corrected chi connectivity index (χ1v) is 5.79. The second-order valence-electron chi connectivity index (χ2n) is 4.53. The second kappa shape index (κ2) is 7.09. The lowest BCUT2D eigenvalue weighted by Crippen LogP contribution is -2.53. The molecule has 0 bridgehead atoms. The molecule has 0 aliphatic carbocycles. The van der Waals surface area contributed by atoms with E-state index in [4.69, 9.17) is 0 Å². The van der Waals surface area contributed by atoms with Gasteiger partial charge in [-0.3, -0.25) is 4.79 Å². The van der Waals surface area contributed by atoms with E-state index < -0.39 is 0 Å². The first kappa shape index (κ1) is 15.7. The number of nitrogens with one attached hydrogen (secondary N) is 2. The van der Waals surface area contributed by atoms with Gasteiger partial charge in [-0.25, -0.2) is 0 Å². The van der Waals surface area contributed by atoms with Gasteiger partial charge in [0.15, 0.2) is 0 Å². The molecule has 5 heteroatoms. The molecule has 1 atom stereocenters. The van der Waals surface area contributed by atoms with Gasteiger partial charge in [0.25, 0.3) is 0 Å². The Bertz CT molecular complexity index is 215. The van der Waals surface area contributed by atoms with Crippen LogP contribution in [0.4, 0.5) is 0 Å². The molecule has 96 valence electrons. The second-order valence-corrected chi connectivity index (χ2v) is 4.53. The van der Waals surface area contributed by atoms with Gasteiger partial charge < -0.3 is 15.5 Å². The molecule has 2 N–H and O–H groups in total. The summed E-state index contributed by atoms with van der Waals surface area (Å²) in [6, 6.07) is 0. The zero-order valence-corrected chi connectivity index (χ0v) is 11.3. The van der Waals surface area contributed by atoms with Crippen molar-refractivity contribution in [2.45, 2.75) is 31.7 Å². The molecule has 0 aromatic heterocycles. The molecule has 1 rings (SSSR count). The van der Waals surface area contributed by atoms with E-state index in [1.54, 1.807) is 0 Å². The number of nitrogens with zero attached hydrogens (tertiary/aromatic N) is 1. The Labute approximate surface area is 105 Å². The maximum Gasteiger partial charge on any atom is 0.240 e. The number of hydrogen-bond acceptors (Lipinski definition) is 3. The van der Waals surface area contributed by atoms with Crippen molar-refractivity contribution in [3.05, 3.63) is 0 Å². The Hall–Kier alpha value is -0.320. The summed E-state index contributed by atoms with van der Waals surface area (Å²) in [6.07, 6.45) is 2.95. The van der Waals surface area contributed by atoms with E-state index in [-0.39, 0.29) is 23.9 Å². The van der Waals surface area contributed by atoms with Gasteiger partial charge in [0, 0.05) is 13.1 Å². The van der Waals surface area contributed by atoms with Gasteiger partial charge in [-0.15, -0.1) is 12.4 Å². The lowest BCUT2D eigenvalue weighted by molar-refractivity contribution is -0.127. The fourth-order valence-electron chi connectivity index (χ4n) is 2.02. The minimum Gasteiger partial charge on any atom is -0.353 e. The normalized spacial score (nSPS) is 24.2. The van der Waals surface area contributed by atoms with Gasteiger partial charge in [-0.05, 0) is 39.9 Å². The third-order valence-electron chi connectivity index (χ3n) is 3.13. The molecular formula is C11H24ClN3O. The van der Waals surface area contributed by atoms with Crippen LogP contribution in [0.3, 0.4) is 0 Å². The Morgan fingerprint density at radius 1 is 1.50 bits per heavy atom. The van der Waals surface area contributed by atoms with Crippen LogP contribution in [0.25, 0.3) is 0 Å². The molecule has 0 spiro atoms. The summed E-state index contributed by atoms with van der Waals surface area (Å²) in [5, 5.41) is 6.34. The maximum atomic E-state index is 12.0. The van der Waals surface area contributed by atoms with Gasteiger partial charge in [0.2, 0.25) is 5.91 Å². The van der Waals surface area contributed by atoms with Gasteiger partial charge in [0.05, 0.1) is 5.54 Å². The number of halogens is 1. The van der Waals surface area contributed by atoms with E-state index in [1.165, 1.54) is 0 Å². The zero-order chi connectivity index (χ0) is 11.3. The molecule has 1 aliphatic rings. The smallest absolute Gasteiger partial charge is 0.240 e. The first-order valence-electron chi connectivity index (χ1n) is 5.79. The van der Waals surface area contributed by atoms with E-state index >= 15 is 0 Å². The molecule has 0 aromatic carbocycles. The summed E-state index contributed by atoms with van der Waals surface area (Å²) in [7, 11) is 4.02. The van der Waals surface area contributed by atoms with Crippen molar-refractivity contribution in [1.29, 1.82) is 0 Å². The summed E-state index contributed by atoms with van der Waals surface area (Å²) in [5.41, 5.74) is -0.285. The minimum absolute atomic E-state index is 0. The molecule has 4 nitrogen and oxygen atoms in total. The summed E-state index contributed by atoms with van der Waals surface area (Å²) < 4.78 is 0. The van der Waals surface area contributed by atoms with Crippen molar-refractivity contribution in [3.8, 4) is 0 Å². The van der Waals surface area contributed by atoms with Crippen molar-refractivity contribution in [2.75, 3.05) is 33.7 Å². The van der Waals surface area contributed by atoms with Crippen LogP contribution in [-0.2, 0) is 4.79 Å². The molecule has 1 fully saturated rings. The minimum atomic E-state index is -0.285. The van der Waals surface area contributed by atoms with Crippen LogP contribution in [0, 0.1) is 0 Å². The standard InChI is InChI=1S/C11H23N3O.ClH/c1-4-11(6-5-7-13-11)10(15)12-8-9-14(2)3;/h13H,4-9H2,1-3H3,(H,12,15);1H. The predicted octanol–water partition coefficient (Wildman–Crippen LogP) is 0.618. The van der Waals surface area contributed by atoms with Crippen molar-refractivity contribution in [1.82, 2.24) is 15.5 Å². The molecule has 1 aliphatic heterocycles. The number of carbonyl (C=O) groups is 1. The van der Waals surface area contributed by atoms with Gasteiger partial charge in [-0.1, -0.05) is 6.92 Å².